The third-order valence-corrected chi connectivity index (χ3v) is 4.86. The number of aryl methyl sites for hydroxylation is 1. The van der Waals surface area contributed by atoms with E-state index >= 15 is 0 Å². The fraction of sp³-hybridized carbons (Fsp3) is 0.300. The summed E-state index contributed by atoms with van der Waals surface area (Å²) in [5, 5.41) is 10.9. The SMILES string of the molecule is O=CCCc1ccc(N2CCN(C(=O)c3cc([N+](=O)[O-])ccc3F)CC2)c(F)c1. The minimum absolute atomic E-state index is 0.229. The van der Waals surface area contributed by atoms with Crippen molar-refractivity contribution in [1.29, 1.82) is 0 Å². The molecule has 0 atom stereocenters. The Morgan fingerprint density at radius 2 is 1.79 bits per heavy atom. The summed E-state index contributed by atoms with van der Waals surface area (Å²) in [4.78, 5) is 36.4. The van der Waals surface area contributed by atoms with E-state index < -0.39 is 22.5 Å². The van der Waals surface area contributed by atoms with Crippen LogP contribution < -0.4 is 4.90 Å². The second kappa shape index (κ2) is 8.76. The van der Waals surface area contributed by atoms with Crippen molar-refractivity contribution in [2.45, 2.75) is 12.8 Å². The fourth-order valence-electron chi connectivity index (χ4n) is 3.30. The summed E-state index contributed by atoms with van der Waals surface area (Å²) >= 11 is 0. The molecule has 0 spiro atoms. The summed E-state index contributed by atoms with van der Waals surface area (Å²) < 4.78 is 28.4. The van der Waals surface area contributed by atoms with E-state index in [2.05, 4.69) is 0 Å². The summed E-state index contributed by atoms with van der Waals surface area (Å²) in [7, 11) is 0. The van der Waals surface area contributed by atoms with Gasteiger partial charge >= 0.3 is 0 Å². The van der Waals surface area contributed by atoms with Gasteiger partial charge in [-0.05, 0) is 30.2 Å². The van der Waals surface area contributed by atoms with Crippen LogP contribution in [0.2, 0.25) is 0 Å². The van der Waals surface area contributed by atoms with Crippen LogP contribution in [0.1, 0.15) is 22.3 Å². The highest BCUT2D eigenvalue weighted by Gasteiger charge is 2.26. The second-order valence-electron chi connectivity index (χ2n) is 6.69. The van der Waals surface area contributed by atoms with Crippen LogP contribution in [0.5, 0.6) is 0 Å². The molecule has 0 radical (unpaired) electrons. The number of aldehydes is 1. The van der Waals surface area contributed by atoms with Crippen molar-refractivity contribution < 1.29 is 23.3 Å². The van der Waals surface area contributed by atoms with Gasteiger partial charge in [-0.2, -0.15) is 0 Å². The number of halogens is 2. The number of non-ortho nitro benzene ring substituents is 1. The summed E-state index contributed by atoms with van der Waals surface area (Å²) in [6.45, 7) is 1.14. The number of rotatable bonds is 6. The lowest BCUT2D eigenvalue weighted by molar-refractivity contribution is -0.384. The lowest BCUT2D eigenvalue weighted by Gasteiger charge is -2.36. The number of nitrogens with zero attached hydrogens (tertiary/aromatic N) is 3. The number of nitro benzene ring substituents is 1. The van der Waals surface area contributed by atoms with Crippen LogP contribution in [0, 0.1) is 21.7 Å². The van der Waals surface area contributed by atoms with Crippen LogP contribution in [0.15, 0.2) is 36.4 Å². The molecule has 0 aromatic heterocycles. The molecule has 0 saturated carbocycles. The Morgan fingerprint density at radius 3 is 2.41 bits per heavy atom. The standard InChI is InChI=1S/C20H19F2N3O4/c21-17-5-4-15(25(28)29)13-16(17)20(27)24-9-7-23(8-10-24)19-6-3-14(2-1-11-26)12-18(19)22/h3-6,11-13H,1-2,7-10H2. The summed E-state index contributed by atoms with van der Waals surface area (Å²) in [5.74, 6) is -1.85. The van der Waals surface area contributed by atoms with Gasteiger partial charge in [-0.1, -0.05) is 6.07 Å². The molecule has 1 saturated heterocycles. The van der Waals surface area contributed by atoms with Crippen molar-refractivity contribution >= 4 is 23.6 Å². The average molecular weight is 403 g/mol. The molecule has 0 aliphatic carbocycles. The van der Waals surface area contributed by atoms with Crippen molar-refractivity contribution in [2.24, 2.45) is 0 Å². The van der Waals surface area contributed by atoms with Crippen LogP contribution in [-0.2, 0) is 11.2 Å². The molecule has 1 aliphatic rings. The van der Waals surface area contributed by atoms with Gasteiger partial charge in [0, 0.05) is 44.7 Å². The molecule has 152 valence electrons. The molecule has 2 aromatic carbocycles. The maximum Gasteiger partial charge on any atom is 0.270 e. The van der Waals surface area contributed by atoms with Crippen LogP contribution >= 0.6 is 0 Å². The number of carbonyl (C=O) groups excluding carboxylic acids is 2. The lowest BCUT2D eigenvalue weighted by atomic mass is 10.1. The molecule has 7 nitrogen and oxygen atoms in total. The van der Waals surface area contributed by atoms with Crippen molar-refractivity contribution in [2.75, 3.05) is 31.1 Å². The van der Waals surface area contributed by atoms with E-state index in [-0.39, 0.29) is 24.3 Å². The van der Waals surface area contributed by atoms with Crippen molar-refractivity contribution in [1.82, 2.24) is 4.90 Å². The molecule has 0 N–H and O–H groups in total. The van der Waals surface area contributed by atoms with Gasteiger partial charge in [0.1, 0.15) is 17.9 Å². The molecule has 2 aromatic rings. The van der Waals surface area contributed by atoms with Crippen molar-refractivity contribution in [3.05, 3.63) is 69.3 Å². The molecule has 0 unspecified atom stereocenters. The Bertz CT molecular complexity index is 943. The zero-order valence-corrected chi connectivity index (χ0v) is 15.5. The number of amides is 1. The molecule has 3 rings (SSSR count). The van der Waals surface area contributed by atoms with Crippen LogP contribution in [0.3, 0.4) is 0 Å². The largest absolute Gasteiger partial charge is 0.366 e. The lowest BCUT2D eigenvalue weighted by Crippen LogP contribution is -2.49. The van der Waals surface area contributed by atoms with Gasteiger partial charge in [0.2, 0.25) is 0 Å². The number of benzene rings is 2. The summed E-state index contributed by atoms with van der Waals surface area (Å²) in [5.41, 5.74) is 0.422. The number of nitro groups is 1. The van der Waals surface area contributed by atoms with Gasteiger partial charge in [0.15, 0.2) is 0 Å². The minimum Gasteiger partial charge on any atom is -0.366 e. The first kappa shape index (κ1) is 20.4. The molecular formula is C20H19F2N3O4. The quantitative estimate of drug-likeness (QED) is 0.421. The smallest absolute Gasteiger partial charge is 0.270 e. The molecule has 1 heterocycles. The summed E-state index contributed by atoms with van der Waals surface area (Å²) in [6, 6.07) is 7.65. The van der Waals surface area contributed by atoms with Crippen LogP contribution in [0.25, 0.3) is 0 Å². The van der Waals surface area contributed by atoms with E-state index in [1.807, 2.05) is 0 Å². The van der Waals surface area contributed by atoms with E-state index in [1.54, 1.807) is 17.0 Å². The maximum atomic E-state index is 14.4. The van der Waals surface area contributed by atoms with Crippen molar-refractivity contribution in [3.8, 4) is 0 Å². The first-order valence-corrected chi connectivity index (χ1v) is 9.11. The highest BCUT2D eigenvalue weighted by Crippen LogP contribution is 2.24. The molecular weight excluding hydrogens is 384 g/mol. The fourth-order valence-corrected chi connectivity index (χ4v) is 3.30. The van der Waals surface area contributed by atoms with Gasteiger partial charge in [0.25, 0.3) is 11.6 Å². The van der Waals surface area contributed by atoms with Gasteiger partial charge in [-0.25, -0.2) is 8.78 Å². The zero-order chi connectivity index (χ0) is 21.0. The molecule has 9 heteroatoms. The Morgan fingerprint density at radius 1 is 1.07 bits per heavy atom. The highest BCUT2D eigenvalue weighted by atomic mass is 19.1. The monoisotopic (exact) mass is 403 g/mol. The first-order chi connectivity index (χ1) is 13.9. The highest BCUT2D eigenvalue weighted by molar-refractivity contribution is 5.95. The number of hydrogen-bond donors (Lipinski definition) is 0. The Hall–Kier alpha value is -3.36. The summed E-state index contributed by atoms with van der Waals surface area (Å²) in [6.07, 6.45) is 1.58. The topological polar surface area (TPSA) is 83.8 Å². The number of carbonyl (C=O) groups is 2. The molecule has 1 fully saturated rings. The first-order valence-electron chi connectivity index (χ1n) is 9.11. The van der Waals surface area contributed by atoms with E-state index in [4.69, 9.17) is 0 Å². The molecule has 29 heavy (non-hydrogen) atoms. The van der Waals surface area contributed by atoms with Gasteiger partial charge < -0.3 is 14.6 Å². The van der Waals surface area contributed by atoms with Crippen LogP contribution in [0.4, 0.5) is 20.2 Å². The third-order valence-electron chi connectivity index (χ3n) is 4.86. The van der Waals surface area contributed by atoms with Crippen molar-refractivity contribution in [3.63, 3.8) is 0 Å². The predicted molar refractivity (Wildman–Crippen MR) is 102 cm³/mol. The van der Waals surface area contributed by atoms with Gasteiger partial charge in [-0.15, -0.1) is 0 Å². The number of hydrogen-bond acceptors (Lipinski definition) is 5. The van der Waals surface area contributed by atoms with E-state index in [0.717, 1.165) is 30.0 Å². The second-order valence-corrected chi connectivity index (χ2v) is 6.69. The molecule has 0 bridgehead atoms. The van der Waals surface area contributed by atoms with Crippen LogP contribution in [-0.4, -0.2) is 48.2 Å². The van der Waals surface area contributed by atoms with Gasteiger partial charge in [-0.3, -0.25) is 14.9 Å². The number of anilines is 1. The zero-order valence-electron chi connectivity index (χ0n) is 15.5. The Labute approximate surface area is 165 Å². The normalized spacial score (nSPS) is 14.0. The average Bonchev–Trinajstić information content (AvgIpc) is 2.72. The van der Waals surface area contributed by atoms with E-state index in [9.17, 15) is 28.5 Å². The predicted octanol–water partition coefficient (Wildman–Crippen LogP) is 2.97. The maximum absolute atomic E-state index is 14.4. The third kappa shape index (κ3) is 4.56. The van der Waals surface area contributed by atoms with E-state index in [0.29, 0.717) is 31.6 Å². The Kier molecular flexibility index (Phi) is 6.16. The van der Waals surface area contributed by atoms with Gasteiger partial charge in [0.05, 0.1) is 16.2 Å². The van der Waals surface area contributed by atoms with E-state index in [1.165, 1.54) is 11.0 Å². The Balaban J connectivity index is 1.68. The number of piperazine rings is 1. The minimum atomic E-state index is -0.819. The molecule has 1 aliphatic heterocycles. The molecule has 1 amide bonds.